The van der Waals surface area contributed by atoms with Crippen molar-refractivity contribution in [3.8, 4) is 0 Å². The van der Waals surface area contributed by atoms with Crippen molar-refractivity contribution in [1.82, 2.24) is 5.32 Å². The van der Waals surface area contributed by atoms with Gasteiger partial charge in [0, 0.05) is 12.6 Å². The first-order valence-corrected chi connectivity index (χ1v) is 10.5. The van der Waals surface area contributed by atoms with Crippen molar-refractivity contribution < 1.29 is 22.7 Å². The zero-order valence-electron chi connectivity index (χ0n) is 14.6. The quantitative estimate of drug-likeness (QED) is 0.509. The van der Waals surface area contributed by atoms with Crippen LogP contribution in [0.15, 0.2) is 52.1 Å². The Bertz CT molecular complexity index is 904. The zero-order valence-corrected chi connectivity index (χ0v) is 16.3. The highest BCUT2D eigenvalue weighted by Gasteiger charge is 2.16. The molecule has 0 unspecified atom stereocenters. The molecule has 0 fully saturated rings. The van der Waals surface area contributed by atoms with Gasteiger partial charge in [0.25, 0.3) is 5.91 Å². The standard InChI is InChI=1S/C18H20N2O5S2/c1-13(25-17(21)7-4-15-9-11-26-12-15)18(22)20-10-8-14-2-5-16(6-3-14)27(19,23)24/h2-7,9,11-13H,8,10H2,1H3,(H,20,22)(H2,19,23,24)/b7-4+/t13-/m0/s1. The minimum Gasteiger partial charge on any atom is -0.449 e. The van der Waals surface area contributed by atoms with E-state index in [1.807, 2.05) is 16.8 Å². The lowest BCUT2D eigenvalue weighted by Gasteiger charge is -2.12. The fourth-order valence-corrected chi connectivity index (χ4v) is 3.26. The van der Waals surface area contributed by atoms with E-state index in [0.29, 0.717) is 13.0 Å². The molecule has 27 heavy (non-hydrogen) atoms. The number of hydrogen-bond acceptors (Lipinski definition) is 6. The van der Waals surface area contributed by atoms with Crippen molar-refractivity contribution in [2.24, 2.45) is 5.14 Å². The van der Waals surface area contributed by atoms with E-state index in [2.05, 4.69) is 5.32 Å². The second-order valence-corrected chi connectivity index (χ2v) is 8.04. The van der Waals surface area contributed by atoms with E-state index in [-0.39, 0.29) is 4.90 Å². The topological polar surface area (TPSA) is 116 Å². The van der Waals surface area contributed by atoms with E-state index in [1.54, 1.807) is 18.2 Å². The van der Waals surface area contributed by atoms with Crippen LogP contribution >= 0.6 is 11.3 Å². The largest absolute Gasteiger partial charge is 0.449 e. The lowest BCUT2D eigenvalue weighted by atomic mass is 10.1. The van der Waals surface area contributed by atoms with E-state index in [1.165, 1.54) is 36.5 Å². The molecule has 7 nitrogen and oxygen atoms in total. The second kappa shape index (κ2) is 9.45. The zero-order chi connectivity index (χ0) is 19.9. The monoisotopic (exact) mass is 408 g/mol. The van der Waals surface area contributed by atoms with E-state index in [9.17, 15) is 18.0 Å². The van der Waals surface area contributed by atoms with Gasteiger partial charge < -0.3 is 10.1 Å². The minimum absolute atomic E-state index is 0.0336. The summed E-state index contributed by atoms with van der Waals surface area (Å²) in [7, 11) is -3.72. The molecule has 1 heterocycles. The summed E-state index contributed by atoms with van der Waals surface area (Å²) in [5, 5.41) is 11.5. The maximum absolute atomic E-state index is 12.0. The highest BCUT2D eigenvalue weighted by atomic mass is 32.2. The molecular formula is C18H20N2O5S2. The maximum Gasteiger partial charge on any atom is 0.331 e. The van der Waals surface area contributed by atoms with Crippen LogP contribution in [-0.2, 0) is 30.8 Å². The molecular weight excluding hydrogens is 388 g/mol. The fourth-order valence-electron chi connectivity index (χ4n) is 2.12. The molecule has 1 atom stereocenters. The third-order valence-electron chi connectivity index (χ3n) is 3.58. The molecule has 144 valence electrons. The normalized spacial score (nSPS) is 12.7. The van der Waals surface area contributed by atoms with Crippen LogP contribution in [0.5, 0.6) is 0 Å². The van der Waals surface area contributed by atoms with E-state index < -0.39 is 28.0 Å². The Labute approximate surface area is 161 Å². The van der Waals surface area contributed by atoms with E-state index >= 15 is 0 Å². The van der Waals surface area contributed by atoms with E-state index in [0.717, 1.165) is 11.1 Å². The van der Waals surface area contributed by atoms with Crippen LogP contribution in [-0.4, -0.2) is 32.9 Å². The van der Waals surface area contributed by atoms with Gasteiger partial charge in [0.05, 0.1) is 4.90 Å². The molecule has 3 N–H and O–H groups in total. The fraction of sp³-hybridized carbons (Fsp3) is 0.222. The molecule has 0 spiro atoms. The van der Waals surface area contributed by atoms with Gasteiger partial charge in [0.15, 0.2) is 6.10 Å². The number of primary sulfonamides is 1. The molecule has 0 aliphatic rings. The highest BCUT2D eigenvalue weighted by molar-refractivity contribution is 7.89. The molecule has 1 amide bonds. The molecule has 9 heteroatoms. The van der Waals surface area contributed by atoms with Gasteiger partial charge in [0.1, 0.15) is 0 Å². The van der Waals surface area contributed by atoms with Crippen LogP contribution in [0.1, 0.15) is 18.1 Å². The average Bonchev–Trinajstić information content (AvgIpc) is 3.13. The Morgan fingerprint density at radius 1 is 1.26 bits per heavy atom. The molecule has 0 saturated heterocycles. The molecule has 0 bridgehead atoms. The summed E-state index contributed by atoms with van der Waals surface area (Å²) in [4.78, 5) is 23.7. The van der Waals surface area contributed by atoms with Gasteiger partial charge in [-0.1, -0.05) is 12.1 Å². The van der Waals surface area contributed by atoms with Gasteiger partial charge in [-0.25, -0.2) is 18.4 Å². The van der Waals surface area contributed by atoms with Crippen molar-refractivity contribution in [3.63, 3.8) is 0 Å². The summed E-state index contributed by atoms with van der Waals surface area (Å²) in [6, 6.07) is 7.95. The molecule has 1 aromatic heterocycles. The number of sulfonamides is 1. The number of hydrogen-bond donors (Lipinski definition) is 2. The Kier molecular flexibility index (Phi) is 7.28. The van der Waals surface area contributed by atoms with Crippen LogP contribution in [0, 0.1) is 0 Å². The number of esters is 1. The first-order chi connectivity index (χ1) is 12.8. The van der Waals surface area contributed by atoms with Gasteiger partial charge >= 0.3 is 5.97 Å². The maximum atomic E-state index is 12.0. The predicted octanol–water partition coefficient (Wildman–Crippen LogP) is 1.70. The van der Waals surface area contributed by atoms with Crippen molar-refractivity contribution >= 4 is 39.3 Å². The molecule has 2 rings (SSSR count). The van der Waals surface area contributed by atoms with Gasteiger partial charge in [-0.05, 0) is 59.5 Å². The third-order valence-corrected chi connectivity index (χ3v) is 5.21. The highest BCUT2D eigenvalue weighted by Crippen LogP contribution is 2.09. The summed E-state index contributed by atoms with van der Waals surface area (Å²) < 4.78 is 27.4. The smallest absolute Gasteiger partial charge is 0.331 e. The molecule has 0 aliphatic heterocycles. The molecule has 1 aromatic carbocycles. The van der Waals surface area contributed by atoms with Crippen LogP contribution in [0.2, 0.25) is 0 Å². The Hall–Kier alpha value is -2.49. The Morgan fingerprint density at radius 2 is 1.96 bits per heavy atom. The molecule has 0 aliphatic carbocycles. The van der Waals surface area contributed by atoms with Crippen molar-refractivity contribution in [2.75, 3.05) is 6.54 Å². The second-order valence-electron chi connectivity index (χ2n) is 5.70. The van der Waals surface area contributed by atoms with Crippen molar-refractivity contribution in [2.45, 2.75) is 24.3 Å². The number of carbonyl (C=O) groups is 2. The van der Waals surface area contributed by atoms with Gasteiger partial charge in [-0.2, -0.15) is 11.3 Å². The first-order valence-electron chi connectivity index (χ1n) is 8.06. The molecule has 2 aromatic rings. The lowest BCUT2D eigenvalue weighted by Crippen LogP contribution is -2.36. The summed E-state index contributed by atoms with van der Waals surface area (Å²) in [6.07, 6.45) is 2.47. The summed E-state index contributed by atoms with van der Waals surface area (Å²) in [5.74, 6) is -1.00. The minimum atomic E-state index is -3.72. The number of benzene rings is 1. The number of amides is 1. The van der Waals surface area contributed by atoms with Gasteiger partial charge in [0.2, 0.25) is 10.0 Å². The van der Waals surface area contributed by atoms with Gasteiger partial charge in [-0.3, -0.25) is 4.79 Å². The number of thiophene rings is 1. The third kappa shape index (κ3) is 6.97. The van der Waals surface area contributed by atoms with Crippen LogP contribution in [0.3, 0.4) is 0 Å². The van der Waals surface area contributed by atoms with Crippen molar-refractivity contribution in [1.29, 1.82) is 0 Å². The molecule has 0 saturated carbocycles. The summed E-state index contributed by atoms with van der Waals surface area (Å²) in [5.41, 5.74) is 1.73. The average molecular weight is 409 g/mol. The number of nitrogens with two attached hydrogens (primary N) is 1. The number of carbonyl (C=O) groups excluding carboxylic acids is 2. The Morgan fingerprint density at radius 3 is 2.56 bits per heavy atom. The number of nitrogens with one attached hydrogen (secondary N) is 1. The summed E-state index contributed by atoms with van der Waals surface area (Å²) >= 11 is 1.52. The van der Waals surface area contributed by atoms with Crippen molar-refractivity contribution in [3.05, 3.63) is 58.3 Å². The lowest BCUT2D eigenvalue weighted by molar-refractivity contribution is -0.150. The SMILES string of the molecule is C[C@H](OC(=O)/C=C/c1ccsc1)C(=O)NCCc1ccc(S(N)(=O)=O)cc1. The van der Waals surface area contributed by atoms with Crippen LogP contribution in [0.4, 0.5) is 0 Å². The first kappa shape index (κ1) is 20.8. The Balaban J connectivity index is 1.75. The van der Waals surface area contributed by atoms with Crippen LogP contribution < -0.4 is 10.5 Å². The number of ether oxygens (including phenoxy) is 1. The van der Waals surface area contributed by atoms with Gasteiger partial charge in [-0.15, -0.1) is 0 Å². The van der Waals surface area contributed by atoms with E-state index in [4.69, 9.17) is 9.88 Å². The molecule has 0 radical (unpaired) electrons. The summed E-state index contributed by atoms with van der Waals surface area (Å²) in [6.45, 7) is 1.81. The number of rotatable bonds is 8. The predicted molar refractivity (Wildman–Crippen MR) is 103 cm³/mol. The van der Waals surface area contributed by atoms with Crippen LogP contribution in [0.25, 0.3) is 6.08 Å².